The van der Waals surface area contributed by atoms with Gasteiger partial charge >= 0.3 is 0 Å². The van der Waals surface area contributed by atoms with Gasteiger partial charge in [0.15, 0.2) is 0 Å². The summed E-state index contributed by atoms with van der Waals surface area (Å²) >= 11 is 0. The van der Waals surface area contributed by atoms with Crippen molar-refractivity contribution < 1.29 is 4.74 Å². The Labute approximate surface area is 103 Å². The third kappa shape index (κ3) is 4.08. The molecule has 0 amide bonds. The molecule has 1 atom stereocenters. The molecule has 1 rings (SSSR count). The smallest absolute Gasteiger partial charge is 0.124 e. The van der Waals surface area contributed by atoms with Crippen LogP contribution in [0.5, 0.6) is 5.75 Å². The molecule has 3 nitrogen and oxygen atoms in total. The lowest BCUT2D eigenvalue weighted by molar-refractivity contribution is 0.306. The van der Waals surface area contributed by atoms with E-state index < -0.39 is 0 Å². The summed E-state index contributed by atoms with van der Waals surface area (Å²) < 4.78 is 5.73. The lowest BCUT2D eigenvalue weighted by atomic mass is 10.0. The minimum atomic E-state index is 0.321. The van der Waals surface area contributed by atoms with Gasteiger partial charge in [-0.15, -0.1) is 0 Å². The Morgan fingerprint density at radius 2 is 2.18 bits per heavy atom. The number of para-hydroxylation sites is 1. The van der Waals surface area contributed by atoms with Gasteiger partial charge in [0.05, 0.1) is 12.7 Å². The first-order valence-electron chi connectivity index (χ1n) is 6.09. The Kier molecular flexibility index (Phi) is 6.13. The monoisotopic (exact) mass is 232 g/mol. The fraction of sp³-hybridized carbons (Fsp3) is 0.500. The second-order valence-electron chi connectivity index (χ2n) is 3.90. The van der Waals surface area contributed by atoms with E-state index in [9.17, 15) is 0 Å². The SMILES string of the molecule is CCC(NC)c1ccccc1OCCCC#N. The Morgan fingerprint density at radius 1 is 1.41 bits per heavy atom. The topological polar surface area (TPSA) is 45.0 Å². The number of ether oxygens (including phenoxy) is 1. The first-order chi connectivity index (χ1) is 8.33. The van der Waals surface area contributed by atoms with E-state index in [-0.39, 0.29) is 0 Å². The second kappa shape index (κ2) is 7.70. The molecule has 0 saturated carbocycles. The first-order valence-corrected chi connectivity index (χ1v) is 6.09. The lowest BCUT2D eigenvalue weighted by Gasteiger charge is -2.18. The van der Waals surface area contributed by atoms with E-state index in [2.05, 4.69) is 24.4 Å². The summed E-state index contributed by atoms with van der Waals surface area (Å²) in [6.07, 6.45) is 2.35. The molecule has 0 heterocycles. The van der Waals surface area contributed by atoms with Crippen LogP contribution in [0.15, 0.2) is 24.3 Å². The summed E-state index contributed by atoms with van der Waals surface area (Å²) in [5.74, 6) is 0.923. The summed E-state index contributed by atoms with van der Waals surface area (Å²) in [6.45, 7) is 2.75. The van der Waals surface area contributed by atoms with Crippen LogP contribution in [0.1, 0.15) is 37.8 Å². The minimum absolute atomic E-state index is 0.321. The molecule has 0 aromatic heterocycles. The fourth-order valence-corrected chi connectivity index (χ4v) is 1.81. The minimum Gasteiger partial charge on any atom is -0.493 e. The van der Waals surface area contributed by atoms with Gasteiger partial charge in [0.1, 0.15) is 5.75 Å². The molecule has 0 bridgehead atoms. The zero-order valence-electron chi connectivity index (χ0n) is 10.6. The summed E-state index contributed by atoms with van der Waals surface area (Å²) in [6, 6.07) is 10.5. The number of hydrogen-bond donors (Lipinski definition) is 1. The Balaban J connectivity index is 2.67. The van der Waals surface area contributed by atoms with Gasteiger partial charge in [-0.1, -0.05) is 25.1 Å². The molecule has 0 saturated heterocycles. The lowest BCUT2D eigenvalue weighted by Crippen LogP contribution is -2.16. The van der Waals surface area contributed by atoms with Crippen LogP contribution in [-0.4, -0.2) is 13.7 Å². The molecule has 0 aliphatic rings. The predicted molar refractivity (Wildman–Crippen MR) is 68.9 cm³/mol. The van der Waals surface area contributed by atoms with Gasteiger partial charge in [0.25, 0.3) is 0 Å². The van der Waals surface area contributed by atoms with Crippen molar-refractivity contribution >= 4 is 0 Å². The number of nitrogens with one attached hydrogen (secondary N) is 1. The molecular formula is C14H20N2O. The first kappa shape index (κ1) is 13.5. The molecule has 92 valence electrons. The molecule has 1 aromatic carbocycles. The summed E-state index contributed by atoms with van der Waals surface area (Å²) in [5.41, 5.74) is 1.19. The average molecular weight is 232 g/mol. The van der Waals surface area contributed by atoms with E-state index in [0.717, 1.165) is 18.6 Å². The second-order valence-corrected chi connectivity index (χ2v) is 3.90. The molecular weight excluding hydrogens is 212 g/mol. The Hall–Kier alpha value is -1.53. The molecule has 3 heteroatoms. The highest BCUT2D eigenvalue weighted by Crippen LogP contribution is 2.26. The molecule has 0 fully saturated rings. The molecule has 0 aliphatic heterocycles. The van der Waals surface area contributed by atoms with Gasteiger partial charge in [-0.3, -0.25) is 0 Å². The molecule has 17 heavy (non-hydrogen) atoms. The van der Waals surface area contributed by atoms with Crippen LogP contribution in [0.2, 0.25) is 0 Å². The van der Waals surface area contributed by atoms with Gasteiger partial charge in [-0.25, -0.2) is 0 Å². The van der Waals surface area contributed by atoms with E-state index in [4.69, 9.17) is 10.00 Å². The number of unbranched alkanes of at least 4 members (excludes halogenated alkanes) is 1. The van der Waals surface area contributed by atoms with Crippen molar-refractivity contribution in [3.63, 3.8) is 0 Å². The van der Waals surface area contributed by atoms with E-state index in [1.165, 1.54) is 5.56 Å². The van der Waals surface area contributed by atoms with Gasteiger partial charge < -0.3 is 10.1 Å². The number of nitriles is 1. The third-order valence-electron chi connectivity index (χ3n) is 2.74. The molecule has 0 radical (unpaired) electrons. The van der Waals surface area contributed by atoms with E-state index in [0.29, 0.717) is 19.1 Å². The molecule has 1 aromatic rings. The zero-order chi connectivity index (χ0) is 12.5. The summed E-state index contributed by atoms with van der Waals surface area (Å²) in [7, 11) is 1.96. The van der Waals surface area contributed by atoms with Crippen LogP contribution in [0.3, 0.4) is 0 Å². The van der Waals surface area contributed by atoms with Gasteiger partial charge in [-0.2, -0.15) is 5.26 Å². The van der Waals surface area contributed by atoms with E-state index >= 15 is 0 Å². The third-order valence-corrected chi connectivity index (χ3v) is 2.74. The fourth-order valence-electron chi connectivity index (χ4n) is 1.81. The van der Waals surface area contributed by atoms with Gasteiger partial charge in [0.2, 0.25) is 0 Å². The quantitative estimate of drug-likeness (QED) is 0.735. The maximum absolute atomic E-state index is 8.47. The number of hydrogen-bond acceptors (Lipinski definition) is 3. The molecule has 0 aliphatic carbocycles. The van der Waals surface area contributed by atoms with E-state index in [1.807, 2.05) is 25.2 Å². The van der Waals surface area contributed by atoms with Crippen molar-refractivity contribution in [2.24, 2.45) is 0 Å². The summed E-state index contributed by atoms with van der Waals surface area (Å²) in [5, 5.41) is 11.7. The van der Waals surface area contributed by atoms with Crippen molar-refractivity contribution in [1.29, 1.82) is 5.26 Å². The van der Waals surface area contributed by atoms with Crippen molar-refractivity contribution in [3.8, 4) is 11.8 Å². The Morgan fingerprint density at radius 3 is 2.82 bits per heavy atom. The largest absolute Gasteiger partial charge is 0.493 e. The number of benzene rings is 1. The van der Waals surface area contributed by atoms with Crippen LogP contribution in [0.4, 0.5) is 0 Å². The maximum Gasteiger partial charge on any atom is 0.124 e. The van der Waals surface area contributed by atoms with Crippen LogP contribution >= 0.6 is 0 Å². The number of nitrogens with zero attached hydrogens (tertiary/aromatic N) is 1. The van der Waals surface area contributed by atoms with Crippen molar-refractivity contribution in [1.82, 2.24) is 5.32 Å². The van der Waals surface area contributed by atoms with Crippen LogP contribution in [-0.2, 0) is 0 Å². The zero-order valence-corrected chi connectivity index (χ0v) is 10.6. The number of rotatable bonds is 7. The van der Waals surface area contributed by atoms with Crippen molar-refractivity contribution in [2.75, 3.05) is 13.7 Å². The highest BCUT2D eigenvalue weighted by Gasteiger charge is 2.11. The molecule has 1 N–H and O–H groups in total. The van der Waals surface area contributed by atoms with Crippen molar-refractivity contribution in [2.45, 2.75) is 32.2 Å². The highest BCUT2D eigenvalue weighted by molar-refractivity contribution is 5.35. The average Bonchev–Trinajstić information content (AvgIpc) is 2.38. The normalized spacial score (nSPS) is 11.8. The highest BCUT2D eigenvalue weighted by atomic mass is 16.5. The van der Waals surface area contributed by atoms with Crippen LogP contribution in [0.25, 0.3) is 0 Å². The summed E-state index contributed by atoms with van der Waals surface area (Å²) in [4.78, 5) is 0. The molecule has 0 spiro atoms. The predicted octanol–water partition coefficient (Wildman–Crippen LogP) is 3.04. The van der Waals surface area contributed by atoms with Crippen molar-refractivity contribution in [3.05, 3.63) is 29.8 Å². The van der Waals surface area contributed by atoms with Gasteiger partial charge in [-0.05, 0) is 26.0 Å². The van der Waals surface area contributed by atoms with Crippen LogP contribution < -0.4 is 10.1 Å². The van der Waals surface area contributed by atoms with E-state index in [1.54, 1.807) is 0 Å². The maximum atomic E-state index is 8.47. The van der Waals surface area contributed by atoms with Gasteiger partial charge in [0, 0.05) is 18.0 Å². The Bertz CT molecular complexity index is 367. The van der Waals surface area contributed by atoms with Crippen LogP contribution in [0, 0.1) is 11.3 Å². The standard InChI is InChI=1S/C14H20N2O/c1-3-13(16-2)12-8-4-5-9-14(12)17-11-7-6-10-15/h4-5,8-9,13,16H,3,6-7,11H2,1-2H3. The molecule has 1 unspecified atom stereocenters.